The Bertz CT molecular complexity index is 646. The van der Waals surface area contributed by atoms with E-state index >= 15 is 0 Å². The quantitative estimate of drug-likeness (QED) is 0.788. The number of carbonyl (C=O) groups excluding carboxylic acids is 1. The summed E-state index contributed by atoms with van der Waals surface area (Å²) in [5.41, 5.74) is 1.76. The standard InChI is InChI=1S/C20H28FN3O2/c1-14(23-26)12-22-13-18(25)24-11-10-15-8-5-9-17(21)19(15)20(24)16-6-3-2-4-7-16/h5,8-9,14,16,20,22H,2-4,6-7,10-13H2,1H3/t14-,20?/m1/s1. The number of hydrogen-bond donors (Lipinski definition) is 1. The summed E-state index contributed by atoms with van der Waals surface area (Å²) in [6.07, 6.45) is 6.29. The smallest absolute Gasteiger partial charge is 0.237 e. The van der Waals surface area contributed by atoms with Crippen molar-refractivity contribution in [2.75, 3.05) is 19.6 Å². The molecule has 1 fully saturated rings. The number of carbonyl (C=O) groups is 1. The number of rotatable bonds is 6. The van der Waals surface area contributed by atoms with E-state index in [-0.39, 0.29) is 30.4 Å². The van der Waals surface area contributed by atoms with Crippen LogP contribution < -0.4 is 5.32 Å². The van der Waals surface area contributed by atoms with E-state index in [0.29, 0.717) is 25.4 Å². The fourth-order valence-electron chi connectivity index (χ4n) is 4.41. The third kappa shape index (κ3) is 4.11. The Morgan fingerprint density at radius 1 is 1.35 bits per heavy atom. The van der Waals surface area contributed by atoms with Gasteiger partial charge >= 0.3 is 0 Å². The van der Waals surface area contributed by atoms with E-state index in [0.717, 1.165) is 36.8 Å². The van der Waals surface area contributed by atoms with E-state index in [1.807, 2.05) is 11.0 Å². The van der Waals surface area contributed by atoms with Crippen molar-refractivity contribution in [3.63, 3.8) is 0 Å². The van der Waals surface area contributed by atoms with Crippen molar-refractivity contribution >= 4 is 5.91 Å². The molecule has 2 aliphatic rings. The van der Waals surface area contributed by atoms with Gasteiger partial charge in [0.1, 0.15) is 11.9 Å². The highest BCUT2D eigenvalue weighted by Gasteiger charge is 2.38. The van der Waals surface area contributed by atoms with Crippen molar-refractivity contribution in [1.82, 2.24) is 10.2 Å². The Labute approximate surface area is 154 Å². The van der Waals surface area contributed by atoms with Crippen LogP contribution in [0.4, 0.5) is 4.39 Å². The second-order valence-electron chi connectivity index (χ2n) is 7.58. The molecule has 1 saturated carbocycles. The van der Waals surface area contributed by atoms with Crippen LogP contribution in [0.5, 0.6) is 0 Å². The molecule has 0 bridgehead atoms. The number of amides is 1. The monoisotopic (exact) mass is 361 g/mol. The van der Waals surface area contributed by atoms with Crippen molar-refractivity contribution in [3.05, 3.63) is 40.1 Å². The molecule has 5 nitrogen and oxygen atoms in total. The first-order valence-electron chi connectivity index (χ1n) is 9.71. The highest BCUT2D eigenvalue weighted by Crippen LogP contribution is 2.42. The van der Waals surface area contributed by atoms with Crippen LogP contribution in [-0.2, 0) is 11.2 Å². The van der Waals surface area contributed by atoms with Gasteiger partial charge < -0.3 is 10.2 Å². The van der Waals surface area contributed by atoms with Crippen molar-refractivity contribution < 1.29 is 9.18 Å². The zero-order valence-electron chi connectivity index (χ0n) is 15.4. The molecule has 1 aromatic carbocycles. The SMILES string of the molecule is C[C@H](CNCC(=O)N1CCc2cccc(F)c2C1C1CCCCC1)N=O. The molecule has 1 aromatic rings. The molecule has 2 atom stereocenters. The van der Waals surface area contributed by atoms with Crippen molar-refractivity contribution in [1.29, 1.82) is 0 Å². The summed E-state index contributed by atoms with van der Waals surface area (Å²) in [7, 11) is 0. The Kier molecular flexibility index (Phi) is 6.35. The first-order chi connectivity index (χ1) is 12.6. The molecule has 26 heavy (non-hydrogen) atoms. The zero-order valence-corrected chi connectivity index (χ0v) is 15.4. The first-order valence-corrected chi connectivity index (χ1v) is 9.71. The van der Waals surface area contributed by atoms with Crippen LogP contribution in [0.3, 0.4) is 0 Å². The lowest BCUT2D eigenvalue weighted by Crippen LogP contribution is -2.47. The van der Waals surface area contributed by atoms with Gasteiger partial charge in [-0.1, -0.05) is 36.6 Å². The van der Waals surface area contributed by atoms with Crippen LogP contribution in [-0.4, -0.2) is 36.5 Å². The van der Waals surface area contributed by atoms with Gasteiger partial charge in [-0.05, 0) is 43.7 Å². The summed E-state index contributed by atoms with van der Waals surface area (Å²) >= 11 is 0. The van der Waals surface area contributed by atoms with Crippen molar-refractivity contribution in [3.8, 4) is 0 Å². The largest absolute Gasteiger partial charge is 0.334 e. The number of fused-ring (bicyclic) bond motifs is 1. The van der Waals surface area contributed by atoms with Gasteiger partial charge in [0.25, 0.3) is 0 Å². The number of nitrogens with one attached hydrogen (secondary N) is 1. The molecule has 0 aromatic heterocycles. The van der Waals surface area contributed by atoms with Crippen LogP contribution in [0.1, 0.15) is 56.2 Å². The maximum Gasteiger partial charge on any atom is 0.237 e. The van der Waals surface area contributed by atoms with Crippen LogP contribution in [0.15, 0.2) is 23.4 Å². The lowest BCUT2D eigenvalue weighted by molar-refractivity contribution is -0.134. The van der Waals surface area contributed by atoms with E-state index in [2.05, 4.69) is 10.5 Å². The number of hydrogen-bond acceptors (Lipinski definition) is 4. The number of halogens is 1. The van der Waals surface area contributed by atoms with Crippen LogP contribution in [0, 0.1) is 16.6 Å². The summed E-state index contributed by atoms with van der Waals surface area (Å²) in [5.74, 6) is 0.106. The van der Waals surface area contributed by atoms with Gasteiger partial charge in [-0.15, -0.1) is 0 Å². The fourth-order valence-corrected chi connectivity index (χ4v) is 4.41. The van der Waals surface area contributed by atoms with E-state index in [1.165, 1.54) is 12.5 Å². The summed E-state index contributed by atoms with van der Waals surface area (Å²) < 4.78 is 14.7. The molecule has 3 rings (SSSR count). The average molecular weight is 361 g/mol. The van der Waals surface area contributed by atoms with E-state index in [9.17, 15) is 14.1 Å². The fraction of sp³-hybridized carbons (Fsp3) is 0.650. The third-order valence-electron chi connectivity index (χ3n) is 5.71. The van der Waals surface area contributed by atoms with Gasteiger partial charge in [0.05, 0.1) is 12.6 Å². The maximum atomic E-state index is 14.7. The lowest BCUT2D eigenvalue weighted by Gasteiger charge is -2.43. The summed E-state index contributed by atoms with van der Waals surface area (Å²) in [4.78, 5) is 25.2. The molecule has 0 saturated heterocycles. The highest BCUT2D eigenvalue weighted by molar-refractivity contribution is 5.79. The molecule has 1 amide bonds. The van der Waals surface area contributed by atoms with Gasteiger partial charge in [0, 0.05) is 18.7 Å². The minimum absolute atomic E-state index is 0.0208. The number of nitroso groups, excluding NO2 is 1. The molecule has 1 aliphatic heterocycles. The third-order valence-corrected chi connectivity index (χ3v) is 5.71. The highest BCUT2D eigenvalue weighted by atomic mass is 19.1. The predicted molar refractivity (Wildman–Crippen MR) is 99.3 cm³/mol. The second-order valence-corrected chi connectivity index (χ2v) is 7.58. The van der Waals surface area contributed by atoms with E-state index in [4.69, 9.17) is 0 Å². The molecule has 1 N–H and O–H groups in total. The average Bonchev–Trinajstić information content (AvgIpc) is 2.67. The topological polar surface area (TPSA) is 61.8 Å². The minimum atomic E-state index is -0.364. The molecule has 6 heteroatoms. The molecular weight excluding hydrogens is 333 g/mol. The zero-order chi connectivity index (χ0) is 18.5. The molecule has 1 unspecified atom stereocenters. The summed E-state index contributed by atoms with van der Waals surface area (Å²) in [6, 6.07) is 4.73. The van der Waals surface area contributed by atoms with Crippen LogP contribution in [0.2, 0.25) is 0 Å². The van der Waals surface area contributed by atoms with Gasteiger partial charge in [0.15, 0.2) is 0 Å². The van der Waals surface area contributed by atoms with Gasteiger partial charge in [0.2, 0.25) is 5.91 Å². The van der Waals surface area contributed by atoms with Crippen molar-refractivity contribution in [2.45, 2.75) is 57.5 Å². The summed E-state index contributed by atoms with van der Waals surface area (Å²) in [5, 5.41) is 5.96. The second kappa shape index (κ2) is 8.71. The molecule has 1 aliphatic carbocycles. The van der Waals surface area contributed by atoms with Crippen molar-refractivity contribution in [2.24, 2.45) is 11.1 Å². The molecule has 0 spiro atoms. The Balaban J connectivity index is 1.80. The van der Waals surface area contributed by atoms with Crippen LogP contribution >= 0.6 is 0 Å². The maximum absolute atomic E-state index is 14.7. The minimum Gasteiger partial charge on any atom is -0.334 e. The molecular formula is C20H28FN3O2. The van der Waals surface area contributed by atoms with E-state index < -0.39 is 0 Å². The van der Waals surface area contributed by atoms with Crippen LogP contribution in [0.25, 0.3) is 0 Å². The normalized spacial score (nSPS) is 21.9. The van der Waals surface area contributed by atoms with Gasteiger partial charge in [-0.2, -0.15) is 4.91 Å². The Morgan fingerprint density at radius 3 is 2.85 bits per heavy atom. The molecule has 1 heterocycles. The van der Waals surface area contributed by atoms with Gasteiger partial charge in [-0.3, -0.25) is 4.79 Å². The molecule has 142 valence electrons. The first kappa shape index (κ1) is 19.0. The van der Waals surface area contributed by atoms with Gasteiger partial charge in [-0.25, -0.2) is 4.39 Å². The number of benzene rings is 1. The number of nitrogens with zero attached hydrogens (tertiary/aromatic N) is 2. The molecule has 0 radical (unpaired) electrons. The van der Waals surface area contributed by atoms with E-state index in [1.54, 1.807) is 13.0 Å². The summed E-state index contributed by atoms with van der Waals surface area (Å²) in [6.45, 7) is 2.87. The Hall–Kier alpha value is -1.82. The Morgan fingerprint density at radius 2 is 2.12 bits per heavy atom. The lowest BCUT2D eigenvalue weighted by atomic mass is 9.77. The predicted octanol–water partition coefficient (Wildman–Crippen LogP) is 3.58.